The van der Waals surface area contributed by atoms with Gasteiger partial charge in [-0.3, -0.25) is 9.10 Å². The highest BCUT2D eigenvalue weighted by molar-refractivity contribution is 7.93. The molecule has 5 nitrogen and oxygen atoms in total. The first-order valence-electron chi connectivity index (χ1n) is 10.8. The van der Waals surface area contributed by atoms with Crippen molar-refractivity contribution in [2.45, 2.75) is 25.3 Å². The second kappa shape index (κ2) is 9.83. The van der Waals surface area contributed by atoms with Crippen molar-refractivity contribution in [2.75, 3.05) is 11.4 Å². The Morgan fingerprint density at radius 1 is 0.912 bits per heavy atom. The molecule has 174 valence electrons. The number of aryl methyl sites for hydroxylation is 2. The summed E-state index contributed by atoms with van der Waals surface area (Å²) in [6.07, 6.45) is 0. The van der Waals surface area contributed by atoms with E-state index in [0.717, 1.165) is 33.6 Å². The van der Waals surface area contributed by atoms with Crippen molar-refractivity contribution >= 4 is 33.0 Å². The molecule has 3 aromatic carbocycles. The summed E-state index contributed by atoms with van der Waals surface area (Å²) in [5, 5.41) is 4.62. The van der Waals surface area contributed by atoms with E-state index in [-0.39, 0.29) is 9.77 Å². The summed E-state index contributed by atoms with van der Waals surface area (Å²) in [6, 6.07) is 24.3. The van der Waals surface area contributed by atoms with E-state index in [1.54, 1.807) is 11.4 Å². The Morgan fingerprint density at radius 2 is 1.56 bits per heavy atom. The van der Waals surface area contributed by atoms with Crippen molar-refractivity contribution in [3.8, 4) is 11.1 Å². The summed E-state index contributed by atoms with van der Waals surface area (Å²) in [7, 11) is -2.51. The van der Waals surface area contributed by atoms with Gasteiger partial charge in [0.15, 0.2) is 0 Å². The lowest BCUT2D eigenvalue weighted by molar-refractivity contribution is 0.0952. The first kappa shape index (κ1) is 23.7. The molecular weight excluding hydrogens is 464 g/mol. The molecular formula is C27H26N2O3S2. The smallest absolute Gasteiger partial charge is 0.266 e. The van der Waals surface area contributed by atoms with E-state index in [1.807, 2.05) is 86.6 Å². The predicted octanol–water partition coefficient (Wildman–Crippen LogP) is 5.79. The van der Waals surface area contributed by atoms with Crippen LogP contribution < -0.4 is 9.62 Å². The molecule has 0 aliphatic rings. The fraction of sp³-hybridized carbons (Fsp3) is 0.148. The third-order valence-corrected chi connectivity index (χ3v) is 8.78. The average Bonchev–Trinajstić information content (AvgIpc) is 3.31. The van der Waals surface area contributed by atoms with Crippen LogP contribution in [0.15, 0.2) is 89.1 Å². The Labute approximate surface area is 204 Å². The van der Waals surface area contributed by atoms with Gasteiger partial charge in [-0.25, -0.2) is 8.42 Å². The molecule has 0 fully saturated rings. The van der Waals surface area contributed by atoms with Gasteiger partial charge in [-0.15, -0.1) is 11.3 Å². The third kappa shape index (κ3) is 4.76. The van der Waals surface area contributed by atoms with Crippen LogP contribution in [0.3, 0.4) is 0 Å². The zero-order valence-corrected chi connectivity index (χ0v) is 20.9. The number of carbonyl (C=O) groups excluding carboxylic acids is 1. The van der Waals surface area contributed by atoms with E-state index in [9.17, 15) is 13.2 Å². The number of carbonyl (C=O) groups is 1. The van der Waals surface area contributed by atoms with Crippen LogP contribution in [0.25, 0.3) is 11.1 Å². The first-order valence-corrected chi connectivity index (χ1v) is 13.2. The van der Waals surface area contributed by atoms with E-state index in [1.165, 1.54) is 11.4 Å². The quantitative estimate of drug-likeness (QED) is 0.357. The number of hydrogen-bond donors (Lipinski definition) is 1. The van der Waals surface area contributed by atoms with E-state index in [0.29, 0.717) is 17.8 Å². The predicted molar refractivity (Wildman–Crippen MR) is 139 cm³/mol. The molecule has 1 heterocycles. The maximum Gasteiger partial charge on any atom is 0.266 e. The molecule has 7 heteroatoms. The van der Waals surface area contributed by atoms with Gasteiger partial charge in [-0.05, 0) is 48.2 Å². The highest BCUT2D eigenvalue weighted by atomic mass is 32.2. The molecule has 4 rings (SSSR count). The Hall–Kier alpha value is -3.42. The highest BCUT2D eigenvalue weighted by Gasteiger charge is 2.32. The molecule has 1 amide bonds. The Balaban J connectivity index is 1.77. The van der Waals surface area contributed by atoms with Gasteiger partial charge in [0.05, 0.1) is 5.69 Å². The van der Waals surface area contributed by atoms with E-state index in [4.69, 9.17) is 0 Å². The van der Waals surface area contributed by atoms with Crippen LogP contribution >= 0.6 is 11.3 Å². The van der Waals surface area contributed by atoms with Crippen LogP contribution in [0.1, 0.15) is 26.4 Å². The maximum absolute atomic E-state index is 13.9. The first-order chi connectivity index (χ1) is 16.3. The summed E-state index contributed by atoms with van der Waals surface area (Å²) in [5.74, 6) is -0.414. The molecule has 0 saturated heterocycles. The monoisotopic (exact) mass is 490 g/mol. The van der Waals surface area contributed by atoms with Gasteiger partial charge in [0.2, 0.25) is 0 Å². The summed E-state index contributed by atoms with van der Waals surface area (Å²) in [6.45, 7) is 4.24. The van der Waals surface area contributed by atoms with Crippen LogP contribution in [0.5, 0.6) is 0 Å². The van der Waals surface area contributed by atoms with Gasteiger partial charge in [0.1, 0.15) is 9.77 Å². The highest BCUT2D eigenvalue weighted by Crippen LogP contribution is 2.38. The van der Waals surface area contributed by atoms with Crippen molar-refractivity contribution in [1.82, 2.24) is 5.32 Å². The number of thiophene rings is 1. The number of sulfonamides is 1. The molecule has 0 unspecified atom stereocenters. The molecule has 0 aliphatic carbocycles. The summed E-state index contributed by atoms with van der Waals surface area (Å²) in [5.41, 5.74) is 4.82. The van der Waals surface area contributed by atoms with E-state index in [2.05, 4.69) is 5.32 Å². The Bertz CT molecular complexity index is 1410. The van der Waals surface area contributed by atoms with Crippen LogP contribution in [0.4, 0.5) is 5.69 Å². The fourth-order valence-corrected chi connectivity index (χ4v) is 6.50. The number of nitrogens with zero attached hydrogens (tertiary/aromatic N) is 1. The van der Waals surface area contributed by atoms with Crippen molar-refractivity contribution in [3.63, 3.8) is 0 Å². The molecule has 4 aromatic rings. The SMILES string of the molecule is Cc1ccc(N(C)S(=O)(=O)c2c(-c3ccccc3)csc2C(=O)NCc2ccccc2)cc1C. The zero-order chi connectivity index (χ0) is 24.3. The Morgan fingerprint density at radius 3 is 2.21 bits per heavy atom. The lowest BCUT2D eigenvalue weighted by Crippen LogP contribution is -2.30. The number of amides is 1. The van der Waals surface area contributed by atoms with E-state index >= 15 is 0 Å². The normalized spacial score (nSPS) is 11.3. The molecule has 34 heavy (non-hydrogen) atoms. The molecule has 0 spiro atoms. The topological polar surface area (TPSA) is 66.5 Å². The van der Waals surface area contributed by atoms with Crippen molar-refractivity contribution < 1.29 is 13.2 Å². The van der Waals surface area contributed by atoms with Gasteiger partial charge in [-0.1, -0.05) is 66.7 Å². The van der Waals surface area contributed by atoms with Gasteiger partial charge in [-0.2, -0.15) is 0 Å². The molecule has 0 aliphatic heterocycles. The number of rotatable bonds is 7. The van der Waals surface area contributed by atoms with Crippen molar-refractivity contribution in [1.29, 1.82) is 0 Å². The van der Waals surface area contributed by atoms with Gasteiger partial charge in [0.25, 0.3) is 15.9 Å². The summed E-state index contributed by atoms with van der Waals surface area (Å²) < 4.78 is 29.1. The molecule has 0 bridgehead atoms. The second-order valence-electron chi connectivity index (χ2n) is 8.08. The Kier molecular flexibility index (Phi) is 6.86. The third-order valence-electron chi connectivity index (χ3n) is 5.80. The maximum atomic E-state index is 13.9. The molecule has 1 aromatic heterocycles. The van der Waals surface area contributed by atoms with Gasteiger partial charge in [0, 0.05) is 24.5 Å². The molecule has 1 N–H and O–H groups in total. The number of anilines is 1. The minimum absolute atomic E-state index is 0.0231. The largest absolute Gasteiger partial charge is 0.347 e. The van der Waals surface area contributed by atoms with Gasteiger partial charge < -0.3 is 5.32 Å². The number of hydrogen-bond acceptors (Lipinski definition) is 4. The minimum Gasteiger partial charge on any atom is -0.347 e. The van der Waals surface area contributed by atoms with Crippen LogP contribution in [0.2, 0.25) is 0 Å². The fourth-order valence-electron chi connectivity index (χ4n) is 3.63. The van der Waals surface area contributed by atoms with Crippen molar-refractivity contribution in [2.24, 2.45) is 0 Å². The molecule has 0 saturated carbocycles. The average molecular weight is 491 g/mol. The lowest BCUT2D eigenvalue weighted by atomic mass is 10.1. The standard InChI is InChI=1S/C27H26N2O3S2/c1-19-14-15-23(16-20(19)2)29(3)34(31,32)26-24(22-12-8-5-9-13-22)18-33-25(26)27(30)28-17-21-10-6-4-7-11-21/h4-16,18H,17H2,1-3H3,(H,28,30). The molecule has 0 atom stereocenters. The zero-order valence-electron chi connectivity index (χ0n) is 19.3. The van der Waals surface area contributed by atoms with Crippen LogP contribution in [-0.2, 0) is 16.6 Å². The summed E-state index contributed by atoms with van der Waals surface area (Å²) in [4.78, 5) is 13.4. The summed E-state index contributed by atoms with van der Waals surface area (Å²) >= 11 is 1.14. The molecule has 0 radical (unpaired) electrons. The second-order valence-corrected chi connectivity index (χ2v) is 10.9. The van der Waals surface area contributed by atoms with Gasteiger partial charge >= 0.3 is 0 Å². The van der Waals surface area contributed by atoms with Crippen LogP contribution in [0, 0.1) is 13.8 Å². The van der Waals surface area contributed by atoms with Crippen LogP contribution in [-0.4, -0.2) is 21.4 Å². The number of benzene rings is 3. The number of nitrogens with one attached hydrogen (secondary N) is 1. The lowest BCUT2D eigenvalue weighted by Gasteiger charge is -2.22. The van der Waals surface area contributed by atoms with E-state index < -0.39 is 15.9 Å². The minimum atomic E-state index is -4.03. The van der Waals surface area contributed by atoms with Crippen molar-refractivity contribution in [3.05, 3.63) is 106 Å².